The number of hydrogen-bond donors (Lipinski definition) is 1. The fourth-order valence-corrected chi connectivity index (χ4v) is 2.13. The number of rotatable bonds is 2. The number of halogens is 7. The van der Waals surface area contributed by atoms with E-state index in [2.05, 4.69) is 5.10 Å². The van der Waals surface area contributed by atoms with Gasteiger partial charge >= 0.3 is 12.4 Å². The van der Waals surface area contributed by atoms with Gasteiger partial charge in [0.15, 0.2) is 5.69 Å². The second-order valence-electron chi connectivity index (χ2n) is 4.44. The summed E-state index contributed by atoms with van der Waals surface area (Å²) in [5.41, 5.74) is 2.29. The van der Waals surface area contributed by atoms with Gasteiger partial charge < -0.3 is 10.5 Å². The fraction of sp³-hybridized carbons (Fsp3) is 0.250. The number of benzene rings is 1. The van der Waals surface area contributed by atoms with E-state index in [-0.39, 0.29) is 5.75 Å². The van der Waals surface area contributed by atoms with Gasteiger partial charge in [-0.25, -0.2) is 0 Å². The molecule has 0 saturated carbocycles. The number of aromatic nitrogens is 2. The van der Waals surface area contributed by atoms with Crippen LogP contribution in [0.2, 0.25) is 5.02 Å². The SMILES string of the molecule is Cn1nc(Oc2ccc(C(F)(F)F)c(N)c2)c(Cl)c1C(F)(F)F. The van der Waals surface area contributed by atoms with E-state index in [4.69, 9.17) is 22.1 Å². The van der Waals surface area contributed by atoms with E-state index < -0.39 is 40.2 Å². The van der Waals surface area contributed by atoms with Crippen LogP contribution in [0.15, 0.2) is 18.2 Å². The molecule has 1 aromatic carbocycles. The van der Waals surface area contributed by atoms with Crippen molar-refractivity contribution in [1.82, 2.24) is 9.78 Å². The largest absolute Gasteiger partial charge is 0.436 e. The molecule has 126 valence electrons. The Morgan fingerprint density at radius 2 is 1.74 bits per heavy atom. The smallest absolute Gasteiger partial charge is 0.434 e. The third kappa shape index (κ3) is 3.46. The molecule has 4 nitrogen and oxygen atoms in total. The van der Waals surface area contributed by atoms with Crippen molar-refractivity contribution in [2.24, 2.45) is 7.05 Å². The maximum atomic E-state index is 12.8. The molecule has 2 N–H and O–H groups in total. The number of ether oxygens (including phenoxy) is 1. The molecule has 1 heterocycles. The first-order chi connectivity index (χ1) is 10.4. The topological polar surface area (TPSA) is 53.1 Å². The summed E-state index contributed by atoms with van der Waals surface area (Å²) in [6, 6.07) is 2.37. The molecule has 0 atom stereocenters. The van der Waals surface area contributed by atoms with Crippen LogP contribution in [-0.2, 0) is 19.4 Å². The van der Waals surface area contributed by atoms with Gasteiger partial charge in [0.2, 0.25) is 0 Å². The molecule has 0 aliphatic rings. The average Bonchev–Trinajstić information content (AvgIpc) is 2.62. The maximum absolute atomic E-state index is 12.8. The van der Waals surface area contributed by atoms with Crippen molar-refractivity contribution in [3.8, 4) is 11.6 Å². The summed E-state index contributed by atoms with van der Waals surface area (Å²) >= 11 is 5.57. The van der Waals surface area contributed by atoms with Crippen LogP contribution < -0.4 is 10.5 Å². The Labute approximate surface area is 130 Å². The van der Waals surface area contributed by atoms with Crippen LogP contribution in [0.5, 0.6) is 11.6 Å². The molecular formula is C12H8ClF6N3O. The highest BCUT2D eigenvalue weighted by Crippen LogP contribution is 2.41. The summed E-state index contributed by atoms with van der Waals surface area (Å²) in [7, 11) is 1.00. The Morgan fingerprint density at radius 1 is 1.13 bits per heavy atom. The standard InChI is InChI=1S/C12H8ClF6N3O/c1-22-9(12(17,18)19)8(13)10(21-22)23-5-2-3-6(7(20)4-5)11(14,15)16/h2-4H,20H2,1H3. The van der Waals surface area contributed by atoms with Crippen molar-refractivity contribution in [1.29, 1.82) is 0 Å². The van der Waals surface area contributed by atoms with Gasteiger partial charge in [-0.15, -0.1) is 5.10 Å². The zero-order valence-electron chi connectivity index (χ0n) is 11.3. The second-order valence-corrected chi connectivity index (χ2v) is 4.82. The number of nitrogens with zero attached hydrogens (tertiary/aromatic N) is 2. The summed E-state index contributed by atoms with van der Waals surface area (Å²) in [6.07, 6.45) is -9.42. The molecule has 1 aromatic heterocycles. The first-order valence-electron chi connectivity index (χ1n) is 5.85. The van der Waals surface area contributed by atoms with E-state index in [9.17, 15) is 26.3 Å². The van der Waals surface area contributed by atoms with Gasteiger partial charge in [0, 0.05) is 18.8 Å². The second kappa shape index (κ2) is 5.52. The third-order valence-electron chi connectivity index (χ3n) is 2.77. The van der Waals surface area contributed by atoms with E-state index in [0.717, 1.165) is 19.2 Å². The molecule has 2 rings (SSSR count). The van der Waals surface area contributed by atoms with E-state index in [1.165, 1.54) is 0 Å². The zero-order chi connectivity index (χ0) is 17.6. The number of anilines is 1. The van der Waals surface area contributed by atoms with Crippen LogP contribution in [0, 0.1) is 0 Å². The molecule has 0 aliphatic carbocycles. The van der Waals surface area contributed by atoms with E-state index >= 15 is 0 Å². The number of nitrogens with two attached hydrogens (primary N) is 1. The first-order valence-corrected chi connectivity index (χ1v) is 6.23. The number of aryl methyl sites for hydroxylation is 1. The number of hydrogen-bond acceptors (Lipinski definition) is 3. The van der Waals surface area contributed by atoms with Crippen LogP contribution in [0.1, 0.15) is 11.3 Å². The Morgan fingerprint density at radius 3 is 2.17 bits per heavy atom. The predicted octanol–water partition coefficient (Wildman–Crippen LogP) is 4.49. The summed E-state index contributed by atoms with van der Waals surface area (Å²) in [6.45, 7) is 0. The summed E-state index contributed by atoms with van der Waals surface area (Å²) in [5.74, 6) is -0.829. The molecule has 0 fully saturated rings. The van der Waals surface area contributed by atoms with E-state index in [1.807, 2.05) is 0 Å². The lowest BCUT2D eigenvalue weighted by Crippen LogP contribution is -2.12. The molecule has 0 spiro atoms. The monoisotopic (exact) mass is 359 g/mol. The maximum Gasteiger partial charge on any atom is 0.434 e. The van der Waals surface area contributed by atoms with Crippen molar-refractivity contribution in [3.63, 3.8) is 0 Å². The molecule has 0 saturated heterocycles. The highest BCUT2D eigenvalue weighted by molar-refractivity contribution is 6.32. The van der Waals surface area contributed by atoms with E-state index in [0.29, 0.717) is 10.7 Å². The Balaban J connectivity index is 2.36. The fourth-order valence-electron chi connectivity index (χ4n) is 1.82. The summed E-state index contributed by atoms with van der Waals surface area (Å²) in [4.78, 5) is 0. The molecule has 0 unspecified atom stereocenters. The lowest BCUT2D eigenvalue weighted by Gasteiger charge is -2.11. The van der Waals surface area contributed by atoms with Crippen molar-refractivity contribution in [2.45, 2.75) is 12.4 Å². The Kier molecular flexibility index (Phi) is 4.14. The van der Waals surface area contributed by atoms with Crippen molar-refractivity contribution in [2.75, 3.05) is 5.73 Å². The number of nitrogen functional groups attached to an aromatic ring is 1. The Bertz CT molecular complexity index is 738. The third-order valence-corrected chi connectivity index (χ3v) is 3.11. The van der Waals surface area contributed by atoms with Gasteiger partial charge in [-0.1, -0.05) is 11.6 Å². The lowest BCUT2D eigenvalue weighted by atomic mass is 10.1. The quantitative estimate of drug-likeness (QED) is 0.635. The predicted molar refractivity (Wildman–Crippen MR) is 69.2 cm³/mol. The van der Waals surface area contributed by atoms with Crippen LogP contribution in [0.3, 0.4) is 0 Å². The molecule has 0 aliphatic heterocycles. The minimum Gasteiger partial charge on any atom is -0.436 e. The van der Waals surface area contributed by atoms with Gasteiger partial charge in [-0.05, 0) is 12.1 Å². The first kappa shape index (κ1) is 17.3. The molecular weight excluding hydrogens is 352 g/mol. The lowest BCUT2D eigenvalue weighted by molar-refractivity contribution is -0.143. The molecule has 0 amide bonds. The van der Waals surface area contributed by atoms with E-state index in [1.54, 1.807) is 0 Å². The van der Waals surface area contributed by atoms with Gasteiger partial charge in [0.1, 0.15) is 10.8 Å². The van der Waals surface area contributed by atoms with Gasteiger partial charge in [-0.3, -0.25) is 4.68 Å². The molecule has 23 heavy (non-hydrogen) atoms. The average molecular weight is 360 g/mol. The van der Waals surface area contributed by atoms with Gasteiger partial charge in [0.05, 0.1) is 5.56 Å². The van der Waals surface area contributed by atoms with Gasteiger partial charge in [0.25, 0.3) is 5.88 Å². The van der Waals surface area contributed by atoms with Crippen LogP contribution in [0.4, 0.5) is 32.0 Å². The summed E-state index contributed by atoms with van der Waals surface area (Å²) < 4.78 is 81.5. The summed E-state index contributed by atoms with van der Waals surface area (Å²) in [5, 5.41) is 2.65. The molecule has 2 aromatic rings. The molecule has 0 radical (unpaired) electrons. The van der Waals surface area contributed by atoms with Crippen molar-refractivity contribution >= 4 is 17.3 Å². The molecule has 0 bridgehead atoms. The highest BCUT2D eigenvalue weighted by atomic mass is 35.5. The highest BCUT2D eigenvalue weighted by Gasteiger charge is 2.39. The van der Waals surface area contributed by atoms with Crippen LogP contribution in [0.25, 0.3) is 0 Å². The van der Waals surface area contributed by atoms with Crippen LogP contribution >= 0.6 is 11.6 Å². The van der Waals surface area contributed by atoms with Crippen molar-refractivity contribution in [3.05, 3.63) is 34.5 Å². The zero-order valence-corrected chi connectivity index (χ0v) is 12.0. The Hall–Kier alpha value is -2.10. The minimum atomic E-state index is -4.76. The minimum absolute atomic E-state index is 0.232. The molecule has 11 heteroatoms. The van der Waals surface area contributed by atoms with Crippen LogP contribution in [-0.4, -0.2) is 9.78 Å². The van der Waals surface area contributed by atoms with Crippen molar-refractivity contribution < 1.29 is 31.1 Å². The number of alkyl halides is 6. The van der Waals surface area contributed by atoms with Gasteiger partial charge in [-0.2, -0.15) is 26.3 Å². The normalized spacial score (nSPS) is 12.5.